The molecule has 0 unspecified atom stereocenters. The van der Waals surface area contributed by atoms with E-state index in [1.165, 1.54) is 0 Å². The van der Waals surface area contributed by atoms with Crippen molar-refractivity contribution >= 4 is 11.4 Å². The van der Waals surface area contributed by atoms with Gasteiger partial charge in [0.25, 0.3) is 0 Å². The molecule has 0 spiro atoms. The number of hydrogen-bond donors (Lipinski definition) is 0. The van der Waals surface area contributed by atoms with Crippen molar-refractivity contribution < 1.29 is 4.79 Å². The summed E-state index contributed by atoms with van der Waals surface area (Å²) in [7, 11) is 0. The summed E-state index contributed by atoms with van der Waals surface area (Å²) in [5.41, 5.74) is 3.81. The Labute approximate surface area is 83.8 Å². The van der Waals surface area contributed by atoms with Crippen LogP contribution in [0.5, 0.6) is 0 Å². The summed E-state index contributed by atoms with van der Waals surface area (Å²) < 4.78 is 0. The lowest BCUT2D eigenvalue weighted by atomic mass is 10.1. The number of rotatable bonds is 1. The van der Waals surface area contributed by atoms with E-state index in [0.29, 0.717) is 0 Å². The Bertz CT molecular complexity index is 450. The standard InChI is InChI=1S/C13H12O/c1-3-6-10-9(2)13(14)12-8-5-4-7-11(10)12/h3-8H,1-2H3/b6-3-. The molecule has 0 saturated carbocycles. The smallest absolute Gasteiger partial charge is 0.189 e. The number of fused-ring (bicyclic) bond motifs is 1. The zero-order valence-electron chi connectivity index (χ0n) is 8.37. The Kier molecular flexibility index (Phi) is 2.08. The third-order valence-electron chi connectivity index (χ3n) is 2.54. The van der Waals surface area contributed by atoms with Crippen molar-refractivity contribution in [1.29, 1.82) is 0 Å². The maximum atomic E-state index is 11.8. The Morgan fingerprint density at radius 1 is 1.14 bits per heavy atom. The molecule has 0 bridgehead atoms. The van der Waals surface area contributed by atoms with E-state index in [4.69, 9.17) is 0 Å². The van der Waals surface area contributed by atoms with Gasteiger partial charge in [-0.05, 0) is 25.0 Å². The van der Waals surface area contributed by atoms with E-state index in [2.05, 4.69) is 0 Å². The van der Waals surface area contributed by atoms with Gasteiger partial charge in [0.2, 0.25) is 0 Å². The highest BCUT2D eigenvalue weighted by Gasteiger charge is 2.23. The van der Waals surface area contributed by atoms with Gasteiger partial charge in [-0.1, -0.05) is 36.4 Å². The predicted molar refractivity (Wildman–Crippen MR) is 58.2 cm³/mol. The van der Waals surface area contributed by atoms with E-state index in [1.807, 2.05) is 50.3 Å². The van der Waals surface area contributed by atoms with Crippen LogP contribution >= 0.6 is 0 Å². The first-order valence-corrected chi connectivity index (χ1v) is 4.73. The Morgan fingerprint density at radius 2 is 1.79 bits per heavy atom. The quantitative estimate of drug-likeness (QED) is 0.654. The summed E-state index contributed by atoms with van der Waals surface area (Å²) >= 11 is 0. The zero-order chi connectivity index (χ0) is 10.1. The fraction of sp³-hybridized carbons (Fsp3) is 0.154. The van der Waals surface area contributed by atoms with Crippen LogP contribution < -0.4 is 0 Å². The fourth-order valence-electron chi connectivity index (χ4n) is 1.82. The van der Waals surface area contributed by atoms with Gasteiger partial charge in [0.15, 0.2) is 5.78 Å². The Hall–Kier alpha value is -1.63. The molecule has 1 aromatic rings. The predicted octanol–water partition coefficient (Wildman–Crippen LogP) is 3.23. The molecule has 0 aromatic heterocycles. The lowest BCUT2D eigenvalue weighted by Gasteiger charge is -1.98. The van der Waals surface area contributed by atoms with Crippen molar-refractivity contribution in [1.82, 2.24) is 0 Å². The first kappa shape index (κ1) is 8.95. The molecule has 0 radical (unpaired) electrons. The topological polar surface area (TPSA) is 17.1 Å². The zero-order valence-corrected chi connectivity index (χ0v) is 8.37. The van der Waals surface area contributed by atoms with Crippen molar-refractivity contribution in [2.24, 2.45) is 0 Å². The van der Waals surface area contributed by atoms with E-state index >= 15 is 0 Å². The summed E-state index contributed by atoms with van der Waals surface area (Å²) in [5, 5.41) is 0. The monoisotopic (exact) mass is 184 g/mol. The second-order valence-corrected chi connectivity index (χ2v) is 3.41. The van der Waals surface area contributed by atoms with Gasteiger partial charge >= 0.3 is 0 Å². The number of allylic oxidation sites excluding steroid dienone is 4. The van der Waals surface area contributed by atoms with Crippen LogP contribution in [0.1, 0.15) is 29.8 Å². The van der Waals surface area contributed by atoms with Gasteiger partial charge in [-0.25, -0.2) is 0 Å². The van der Waals surface area contributed by atoms with Crippen molar-refractivity contribution in [2.75, 3.05) is 0 Å². The molecule has 0 saturated heterocycles. The minimum atomic E-state index is 0.161. The van der Waals surface area contributed by atoms with Crippen molar-refractivity contribution in [2.45, 2.75) is 13.8 Å². The van der Waals surface area contributed by atoms with E-state index in [0.717, 1.165) is 22.3 Å². The molecule has 1 aliphatic rings. The molecule has 70 valence electrons. The van der Waals surface area contributed by atoms with Crippen LogP contribution in [0.15, 0.2) is 42.0 Å². The molecule has 0 N–H and O–H groups in total. The summed E-state index contributed by atoms with van der Waals surface area (Å²) in [6, 6.07) is 7.76. The van der Waals surface area contributed by atoms with Crippen molar-refractivity contribution in [3.63, 3.8) is 0 Å². The van der Waals surface area contributed by atoms with Crippen LogP contribution in [0.4, 0.5) is 0 Å². The van der Waals surface area contributed by atoms with Crippen LogP contribution in [0, 0.1) is 0 Å². The Balaban J connectivity index is 2.66. The summed E-state index contributed by atoms with van der Waals surface area (Å²) in [5.74, 6) is 0.161. The molecule has 1 aliphatic carbocycles. The minimum Gasteiger partial charge on any atom is -0.289 e. The number of ketones is 1. The van der Waals surface area contributed by atoms with Gasteiger partial charge in [0.1, 0.15) is 0 Å². The number of carbonyl (C=O) groups excluding carboxylic acids is 1. The van der Waals surface area contributed by atoms with Crippen molar-refractivity contribution in [3.05, 3.63) is 53.1 Å². The van der Waals surface area contributed by atoms with Gasteiger partial charge in [0, 0.05) is 11.1 Å². The molecule has 1 heteroatoms. The van der Waals surface area contributed by atoms with Crippen LogP contribution in [-0.4, -0.2) is 5.78 Å². The molecule has 1 aromatic carbocycles. The van der Waals surface area contributed by atoms with Gasteiger partial charge in [-0.2, -0.15) is 0 Å². The first-order valence-electron chi connectivity index (χ1n) is 4.73. The molecule has 0 amide bonds. The van der Waals surface area contributed by atoms with E-state index in [-0.39, 0.29) is 5.78 Å². The van der Waals surface area contributed by atoms with Crippen molar-refractivity contribution in [3.8, 4) is 0 Å². The second kappa shape index (κ2) is 3.26. The highest BCUT2D eigenvalue weighted by atomic mass is 16.1. The summed E-state index contributed by atoms with van der Waals surface area (Å²) in [6.07, 6.45) is 3.97. The highest BCUT2D eigenvalue weighted by Crippen LogP contribution is 2.32. The van der Waals surface area contributed by atoms with Gasteiger partial charge in [0.05, 0.1) is 0 Å². The lowest BCUT2D eigenvalue weighted by molar-refractivity contribution is 0.103. The highest BCUT2D eigenvalue weighted by molar-refractivity contribution is 6.21. The first-order chi connectivity index (χ1) is 6.75. The minimum absolute atomic E-state index is 0.161. The molecular formula is C13H12O. The average Bonchev–Trinajstić information content (AvgIpc) is 2.45. The van der Waals surface area contributed by atoms with Gasteiger partial charge < -0.3 is 0 Å². The van der Waals surface area contributed by atoms with Crippen LogP contribution in [-0.2, 0) is 0 Å². The van der Waals surface area contributed by atoms with E-state index in [1.54, 1.807) is 0 Å². The molecule has 14 heavy (non-hydrogen) atoms. The molecule has 0 heterocycles. The largest absolute Gasteiger partial charge is 0.289 e. The fourth-order valence-corrected chi connectivity index (χ4v) is 1.82. The van der Waals surface area contributed by atoms with Crippen LogP contribution in [0.3, 0.4) is 0 Å². The average molecular weight is 184 g/mol. The van der Waals surface area contributed by atoms with Crippen LogP contribution in [0.2, 0.25) is 0 Å². The molecular weight excluding hydrogens is 172 g/mol. The molecule has 2 rings (SSSR count). The second-order valence-electron chi connectivity index (χ2n) is 3.41. The third-order valence-corrected chi connectivity index (χ3v) is 2.54. The number of hydrogen-bond acceptors (Lipinski definition) is 1. The maximum absolute atomic E-state index is 11.8. The lowest BCUT2D eigenvalue weighted by Crippen LogP contribution is -1.94. The molecule has 1 nitrogen and oxygen atoms in total. The summed E-state index contributed by atoms with van der Waals surface area (Å²) in [4.78, 5) is 11.8. The van der Waals surface area contributed by atoms with E-state index < -0.39 is 0 Å². The third kappa shape index (κ3) is 1.13. The normalized spacial score (nSPS) is 15.4. The SMILES string of the molecule is C/C=C\C1=C(C)C(=O)c2ccccc21. The number of carbonyl (C=O) groups is 1. The Morgan fingerprint density at radius 3 is 2.43 bits per heavy atom. The summed E-state index contributed by atoms with van der Waals surface area (Å²) in [6.45, 7) is 3.85. The molecule has 0 fully saturated rings. The van der Waals surface area contributed by atoms with Crippen LogP contribution in [0.25, 0.3) is 5.57 Å². The molecule has 0 atom stereocenters. The molecule has 0 aliphatic heterocycles. The van der Waals surface area contributed by atoms with Gasteiger partial charge in [-0.3, -0.25) is 4.79 Å². The number of benzene rings is 1. The van der Waals surface area contributed by atoms with E-state index in [9.17, 15) is 4.79 Å². The van der Waals surface area contributed by atoms with Gasteiger partial charge in [-0.15, -0.1) is 0 Å². The number of Topliss-reactive ketones (excluding diaryl/α,β-unsaturated/α-hetero) is 1. The maximum Gasteiger partial charge on any atom is 0.189 e.